The molecule has 0 heterocycles. The van der Waals surface area contributed by atoms with E-state index in [0.717, 1.165) is 11.8 Å². The largest absolute Gasteiger partial charge is 0.544 e. The van der Waals surface area contributed by atoms with Gasteiger partial charge in [0.15, 0.2) is 0 Å². The van der Waals surface area contributed by atoms with Crippen LogP contribution in [0.2, 0.25) is 5.82 Å². The molecule has 20 heavy (non-hydrogen) atoms. The molecular weight excluding hydrogens is 251 g/mol. The predicted octanol–water partition coefficient (Wildman–Crippen LogP) is 4.11. The van der Waals surface area contributed by atoms with Crippen LogP contribution >= 0.6 is 0 Å². The Kier molecular flexibility index (Phi) is 4.88. The lowest BCUT2D eigenvalue weighted by molar-refractivity contribution is -0.113. The molecule has 118 valence electrons. The van der Waals surface area contributed by atoms with Crippen molar-refractivity contribution in [3.63, 3.8) is 0 Å². The molecule has 0 saturated heterocycles. The third-order valence-corrected chi connectivity index (χ3v) is 6.13. The Labute approximate surface area is 124 Å². The molecular formula is C16H32BO3-. The first-order valence-electron chi connectivity index (χ1n) is 8.48. The van der Waals surface area contributed by atoms with Crippen LogP contribution in [0, 0.1) is 23.2 Å². The molecule has 3 aliphatic rings. The average molecular weight is 283 g/mol. The van der Waals surface area contributed by atoms with Crippen LogP contribution in [-0.2, 0) is 14.0 Å². The summed E-state index contributed by atoms with van der Waals surface area (Å²) in [5.41, 5.74) is 0.488. The minimum absolute atomic E-state index is 0.409. The minimum Gasteiger partial charge on any atom is -0.544 e. The Balaban J connectivity index is 2.21. The van der Waals surface area contributed by atoms with Crippen LogP contribution in [0.5, 0.6) is 0 Å². The summed E-state index contributed by atoms with van der Waals surface area (Å²) >= 11 is 0. The zero-order valence-electron chi connectivity index (χ0n) is 14.1. The fourth-order valence-electron chi connectivity index (χ4n) is 4.94. The summed E-state index contributed by atoms with van der Waals surface area (Å²) in [6.07, 6.45) is 2.56. The fourth-order valence-corrected chi connectivity index (χ4v) is 4.94. The molecule has 0 radical (unpaired) electrons. The molecule has 3 fully saturated rings. The van der Waals surface area contributed by atoms with E-state index in [2.05, 4.69) is 20.8 Å². The lowest BCUT2D eigenvalue weighted by Crippen LogP contribution is -2.62. The highest BCUT2D eigenvalue weighted by Gasteiger charge is 2.59. The van der Waals surface area contributed by atoms with Crippen molar-refractivity contribution in [2.45, 2.75) is 60.2 Å². The van der Waals surface area contributed by atoms with Crippen LogP contribution in [-0.4, -0.2) is 26.6 Å². The van der Waals surface area contributed by atoms with Gasteiger partial charge in [-0.1, -0.05) is 38.9 Å². The molecule has 0 aromatic rings. The van der Waals surface area contributed by atoms with E-state index in [1.807, 2.05) is 20.8 Å². The maximum absolute atomic E-state index is 6.08. The highest BCUT2D eigenvalue weighted by molar-refractivity contribution is 6.62. The molecule has 0 aliphatic heterocycles. The van der Waals surface area contributed by atoms with E-state index in [4.69, 9.17) is 14.0 Å². The van der Waals surface area contributed by atoms with Gasteiger partial charge < -0.3 is 14.0 Å². The van der Waals surface area contributed by atoms with Gasteiger partial charge in [0.2, 0.25) is 0 Å². The molecule has 0 spiro atoms. The summed E-state index contributed by atoms with van der Waals surface area (Å²) in [5, 5.41) is 0. The molecule has 3 aliphatic carbocycles. The molecule has 4 atom stereocenters. The van der Waals surface area contributed by atoms with Crippen LogP contribution in [0.1, 0.15) is 54.4 Å². The lowest BCUT2D eigenvalue weighted by atomic mass is 9.37. The zero-order valence-corrected chi connectivity index (χ0v) is 14.1. The Morgan fingerprint density at radius 1 is 0.950 bits per heavy atom. The second-order valence-electron chi connectivity index (χ2n) is 7.18. The third-order valence-electron chi connectivity index (χ3n) is 6.13. The van der Waals surface area contributed by atoms with Gasteiger partial charge >= 0.3 is 6.75 Å². The van der Waals surface area contributed by atoms with Crippen LogP contribution in [0.15, 0.2) is 0 Å². The van der Waals surface area contributed by atoms with Gasteiger partial charge in [0.25, 0.3) is 0 Å². The topological polar surface area (TPSA) is 27.7 Å². The first kappa shape index (κ1) is 16.3. The predicted molar refractivity (Wildman–Crippen MR) is 83.5 cm³/mol. The molecule has 2 bridgehead atoms. The molecule has 4 heteroatoms. The Hall–Kier alpha value is -0.0551. The van der Waals surface area contributed by atoms with Gasteiger partial charge in [-0.25, -0.2) is 0 Å². The number of fused-ring (bicyclic) bond motifs is 2. The van der Waals surface area contributed by atoms with Gasteiger partial charge in [-0.15, -0.1) is 0 Å². The highest BCUT2D eigenvalue weighted by atomic mass is 16.7. The molecule has 3 nitrogen and oxygen atoms in total. The van der Waals surface area contributed by atoms with Crippen LogP contribution in [0.25, 0.3) is 0 Å². The molecule has 3 saturated carbocycles. The summed E-state index contributed by atoms with van der Waals surface area (Å²) in [6.45, 7) is 13.7. The van der Waals surface area contributed by atoms with Crippen LogP contribution < -0.4 is 0 Å². The first-order chi connectivity index (χ1) is 9.43. The van der Waals surface area contributed by atoms with Crippen molar-refractivity contribution in [3.8, 4) is 0 Å². The van der Waals surface area contributed by atoms with Gasteiger partial charge in [0.05, 0.1) is 0 Å². The summed E-state index contributed by atoms with van der Waals surface area (Å²) in [7, 11) is 0. The summed E-state index contributed by atoms with van der Waals surface area (Å²) in [6, 6.07) is 0. The maximum Gasteiger partial charge on any atom is 0.382 e. The van der Waals surface area contributed by atoms with Crippen LogP contribution in [0.4, 0.5) is 0 Å². The Morgan fingerprint density at radius 2 is 1.45 bits per heavy atom. The van der Waals surface area contributed by atoms with Gasteiger partial charge in [-0.2, -0.15) is 0 Å². The van der Waals surface area contributed by atoms with Gasteiger partial charge in [-0.05, 0) is 64.3 Å². The van der Waals surface area contributed by atoms with Crippen molar-refractivity contribution in [1.29, 1.82) is 0 Å². The second kappa shape index (κ2) is 5.98. The van der Waals surface area contributed by atoms with Gasteiger partial charge in [-0.3, -0.25) is 0 Å². The monoisotopic (exact) mass is 283 g/mol. The van der Waals surface area contributed by atoms with E-state index in [0.29, 0.717) is 37.0 Å². The van der Waals surface area contributed by atoms with Gasteiger partial charge in [0.1, 0.15) is 0 Å². The standard InChI is InChI=1S/C16H32BO3/c1-7-18-17(19-8-2,20-9-3)15-11-13-10-14(12(15)4)16(13,5)6/h12-15H,7-11H2,1-6H3/q-1. The molecule has 0 amide bonds. The minimum atomic E-state index is -1.59. The van der Waals surface area contributed by atoms with Crippen molar-refractivity contribution in [3.05, 3.63) is 0 Å². The van der Waals surface area contributed by atoms with Crippen molar-refractivity contribution in [2.24, 2.45) is 23.2 Å². The summed E-state index contributed by atoms with van der Waals surface area (Å²) in [4.78, 5) is 0. The van der Waals surface area contributed by atoms with Crippen molar-refractivity contribution < 1.29 is 14.0 Å². The molecule has 0 aromatic carbocycles. The zero-order chi connectivity index (χ0) is 15.0. The SMILES string of the molecule is CCO[B-](OCC)(OCC)C1CC2CC(C1C)C2(C)C. The van der Waals surface area contributed by atoms with Crippen molar-refractivity contribution in [1.82, 2.24) is 0 Å². The smallest absolute Gasteiger partial charge is 0.382 e. The average Bonchev–Trinajstić information content (AvgIpc) is 2.38. The fraction of sp³-hybridized carbons (Fsp3) is 1.00. The van der Waals surface area contributed by atoms with Crippen molar-refractivity contribution >= 4 is 6.75 Å². The second-order valence-corrected chi connectivity index (χ2v) is 7.18. The van der Waals surface area contributed by atoms with E-state index in [1.54, 1.807) is 0 Å². The number of rotatable bonds is 7. The van der Waals surface area contributed by atoms with Gasteiger partial charge in [0, 0.05) is 0 Å². The van der Waals surface area contributed by atoms with E-state index >= 15 is 0 Å². The summed E-state index contributed by atoms with van der Waals surface area (Å²) in [5.74, 6) is 2.61. The summed E-state index contributed by atoms with van der Waals surface area (Å²) < 4.78 is 18.2. The molecule has 3 rings (SSSR count). The molecule has 0 aromatic heterocycles. The number of hydrogen-bond acceptors (Lipinski definition) is 3. The van der Waals surface area contributed by atoms with Crippen LogP contribution in [0.3, 0.4) is 0 Å². The quantitative estimate of drug-likeness (QED) is 0.658. The first-order valence-corrected chi connectivity index (χ1v) is 8.48. The Morgan fingerprint density at radius 3 is 1.80 bits per heavy atom. The Bertz CT molecular complexity index is 315. The molecule has 4 unspecified atom stereocenters. The normalized spacial score (nSPS) is 35.7. The highest BCUT2D eigenvalue weighted by Crippen LogP contribution is 2.66. The number of hydrogen-bond donors (Lipinski definition) is 0. The maximum atomic E-state index is 6.08. The van der Waals surface area contributed by atoms with Crippen molar-refractivity contribution in [2.75, 3.05) is 19.8 Å². The van der Waals surface area contributed by atoms with E-state index < -0.39 is 6.75 Å². The lowest BCUT2D eigenvalue weighted by Gasteiger charge is -2.66. The van der Waals surface area contributed by atoms with E-state index in [1.165, 1.54) is 12.8 Å². The van der Waals surface area contributed by atoms with E-state index in [9.17, 15) is 0 Å². The third kappa shape index (κ3) is 2.44. The molecule has 0 N–H and O–H groups in total. The van der Waals surface area contributed by atoms with E-state index in [-0.39, 0.29) is 0 Å².